The number of hydrogen-bond acceptors (Lipinski definition) is 7. The number of fused-ring (bicyclic) bond motifs is 1. The molecule has 0 aliphatic carbocycles. The van der Waals surface area contributed by atoms with Gasteiger partial charge in [-0.25, -0.2) is 9.97 Å². The summed E-state index contributed by atoms with van der Waals surface area (Å²) in [6, 6.07) is 14.2. The number of benzene rings is 2. The van der Waals surface area contributed by atoms with E-state index in [0.29, 0.717) is 5.82 Å². The number of rotatable bonds is 9. The van der Waals surface area contributed by atoms with Crippen LogP contribution in [0.2, 0.25) is 0 Å². The predicted molar refractivity (Wildman–Crippen MR) is 149 cm³/mol. The molecule has 1 fully saturated rings. The molecule has 0 saturated carbocycles. The van der Waals surface area contributed by atoms with E-state index in [1.165, 1.54) is 6.21 Å². The molecule has 0 bridgehead atoms. The summed E-state index contributed by atoms with van der Waals surface area (Å²) in [6.45, 7) is 6.53. The highest BCUT2D eigenvalue weighted by atomic mass is 16.5. The van der Waals surface area contributed by atoms with Gasteiger partial charge in [0.1, 0.15) is 17.4 Å². The zero-order valence-corrected chi connectivity index (χ0v) is 21.6. The Morgan fingerprint density at radius 2 is 1.97 bits per heavy atom. The number of nitrogens with zero attached hydrogens (tertiary/aromatic N) is 3. The van der Waals surface area contributed by atoms with Crippen molar-refractivity contribution in [3.05, 3.63) is 72.4 Å². The highest BCUT2D eigenvalue weighted by molar-refractivity contribution is 6.09. The molecule has 8 heteroatoms. The van der Waals surface area contributed by atoms with Crippen molar-refractivity contribution in [3.8, 4) is 17.0 Å². The van der Waals surface area contributed by atoms with Crippen molar-refractivity contribution in [3.63, 3.8) is 0 Å². The Bertz CT molecular complexity index is 1490. The summed E-state index contributed by atoms with van der Waals surface area (Å²) >= 11 is 0. The largest absolute Gasteiger partial charge is 0.495 e. The van der Waals surface area contributed by atoms with E-state index >= 15 is 0 Å². The van der Waals surface area contributed by atoms with E-state index in [4.69, 9.17) is 14.9 Å². The van der Waals surface area contributed by atoms with Gasteiger partial charge in [0, 0.05) is 54.1 Å². The maximum Gasteiger partial charge on any atom is 0.143 e. The molecular weight excluding hydrogens is 464 g/mol. The molecule has 1 aliphatic rings. The lowest BCUT2D eigenvalue weighted by Gasteiger charge is -2.37. The number of aromatic nitrogens is 3. The molecule has 0 unspecified atom stereocenters. The molecule has 3 N–H and O–H groups in total. The SMILES string of the molecule is COc1cc(-c2cnc(C)n2C)ccc1Nc1cc2cc(/C(C=N)=C/NCC3(C)COC3)ccc2cn1. The third-order valence-electron chi connectivity index (χ3n) is 6.88. The van der Waals surface area contributed by atoms with Gasteiger partial charge in [-0.1, -0.05) is 25.1 Å². The van der Waals surface area contributed by atoms with Crippen LogP contribution in [0.1, 0.15) is 18.3 Å². The first-order valence-corrected chi connectivity index (χ1v) is 12.2. The van der Waals surface area contributed by atoms with Crippen LogP contribution in [0.25, 0.3) is 27.6 Å². The minimum absolute atomic E-state index is 0.162. The second kappa shape index (κ2) is 10.1. The summed E-state index contributed by atoms with van der Waals surface area (Å²) in [7, 11) is 3.67. The third kappa shape index (κ3) is 5.06. The van der Waals surface area contributed by atoms with Crippen LogP contribution in [-0.2, 0) is 11.8 Å². The molecule has 8 nitrogen and oxygen atoms in total. The minimum atomic E-state index is 0.162. The van der Waals surface area contributed by atoms with Crippen LogP contribution in [0.15, 0.2) is 61.1 Å². The van der Waals surface area contributed by atoms with Gasteiger partial charge in [-0.2, -0.15) is 0 Å². The van der Waals surface area contributed by atoms with Crippen molar-refractivity contribution in [2.24, 2.45) is 12.5 Å². The number of aryl methyl sites for hydroxylation is 1. The molecule has 2 aromatic heterocycles. The van der Waals surface area contributed by atoms with Gasteiger partial charge in [-0.15, -0.1) is 0 Å². The number of hydrogen-bond donors (Lipinski definition) is 3. The number of pyridine rings is 1. The van der Waals surface area contributed by atoms with Crippen LogP contribution in [0.5, 0.6) is 5.75 Å². The molecule has 1 aliphatic heterocycles. The first kappa shape index (κ1) is 24.5. The minimum Gasteiger partial charge on any atom is -0.495 e. The summed E-state index contributed by atoms with van der Waals surface area (Å²) in [5, 5.41) is 16.7. The summed E-state index contributed by atoms with van der Waals surface area (Å²) < 4.78 is 13.1. The second-order valence-electron chi connectivity index (χ2n) is 9.85. The molecular formula is C29H32N6O2. The fourth-order valence-corrected chi connectivity index (χ4v) is 4.42. The first-order valence-electron chi connectivity index (χ1n) is 12.2. The quantitative estimate of drug-likeness (QED) is 0.272. The number of anilines is 2. The summed E-state index contributed by atoms with van der Waals surface area (Å²) in [6.07, 6.45) is 7.01. The van der Waals surface area contributed by atoms with E-state index in [2.05, 4.69) is 38.2 Å². The summed E-state index contributed by atoms with van der Waals surface area (Å²) in [5.74, 6) is 2.39. The Balaban J connectivity index is 1.38. The molecule has 0 radical (unpaired) electrons. The van der Waals surface area contributed by atoms with E-state index in [-0.39, 0.29) is 5.41 Å². The Hall–Kier alpha value is -4.17. The van der Waals surface area contributed by atoms with Crippen LogP contribution in [0.4, 0.5) is 11.5 Å². The Morgan fingerprint density at radius 1 is 1.14 bits per heavy atom. The predicted octanol–water partition coefficient (Wildman–Crippen LogP) is 5.31. The molecule has 37 heavy (non-hydrogen) atoms. The summed E-state index contributed by atoms with van der Waals surface area (Å²) in [5.41, 5.74) is 4.83. The Labute approximate surface area is 216 Å². The van der Waals surface area contributed by atoms with E-state index in [9.17, 15) is 0 Å². The maximum atomic E-state index is 7.93. The second-order valence-corrected chi connectivity index (χ2v) is 9.85. The van der Waals surface area contributed by atoms with Crippen LogP contribution in [-0.4, -0.2) is 47.6 Å². The number of ether oxygens (including phenoxy) is 2. The zero-order chi connectivity index (χ0) is 26.0. The van der Waals surface area contributed by atoms with Gasteiger partial charge >= 0.3 is 0 Å². The van der Waals surface area contributed by atoms with E-state index < -0.39 is 0 Å². The highest BCUT2D eigenvalue weighted by Crippen LogP contribution is 2.33. The Kier molecular flexibility index (Phi) is 6.67. The van der Waals surface area contributed by atoms with Gasteiger partial charge in [0.25, 0.3) is 0 Å². The molecule has 0 amide bonds. The van der Waals surface area contributed by atoms with Gasteiger partial charge in [-0.05, 0) is 42.1 Å². The van der Waals surface area contributed by atoms with Gasteiger partial charge in [0.05, 0.1) is 37.9 Å². The standard InChI is InChI=1S/C29H32N6O2/c1-19-32-15-26(35(19)3)21-7-8-25(27(10-21)36-4)34-28-11-23-9-20(5-6-22(23)14-33-28)24(12-30)13-31-16-29(2)17-37-18-29/h5-15,30-31H,16-18H2,1-4H3,(H,33,34)/b24-13+,30-12?. The average molecular weight is 497 g/mol. The molecule has 190 valence electrons. The lowest BCUT2D eigenvalue weighted by molar-refractivity contribution is -0.0976. The van der Waals surface area contributed by atoms with E-state index in [1.54, 1.807) is 7.11 Å². The van der Waals surface area contributed by atoms with E-state index in [0.717, 1.165) is 70.2 Å². The normalized spacial score (nSPS) is 14.8. The van der Waals surface area contributed by atoms with Crippen LogP contribution >= 0.6 is 0 Å². The van der Waals surface area contributed by atoms with Crippen LogP contribution < -0.4 is 15.4 Å². The van der Waals surface area contributed by atoms with Crippen molar-refractivity contribution in [1.29, 1.82) is 5.41 Å². The topological polar surface area (TPSA) is 97.1 Å². The van der Waals surface area contributed by atoms with Crippen molar-refractivity contribution >= 4 is 34.1 Å². The monoisotopic (exact) mass is 496 g/mol. The summed E-state index contributed by atoms with van der Waals surface area (Å²) in [4.78, 5) is 8.99. The van der Waals surface area contributed by atoms with E-state index in [1.807, 2.05) is 69.0 Å². The van der Waals surface area contributed by atoms with Crippen molar-refractivity contribution < 1.29 is 9.47 Å². The van der Waals surface area contributed by atoms with Gasteiger partial charge in [-0.3, -0.25) is 0 Å². The van der Waals surface area contributed by atoms with Gasteiger partial charge in [0.15, 0.2) is 0 Å². The van der Waals surface area contributed by atoms with Crippen molar-refractivity contribution in [1.82, 2.24) is 19.9 Å². The van der Waals surface area contributed by atoms with Crippen LogP contribution in [0.3, 0.4) is 0 Å². The lowest BCUT2D eigenvalue weighted by atomic mass is 9.89. The molecule has 2 aromatic carbocycles. The van der Waals surface area contributed by atoms with Gasteiger partial charge in [0.2, 0.25) is 0 Å². The van der Waals surface area contributed by atoms with Crippen molar-refractivity contribution in [2.75, 3.05) is 32.2 Å². The smallest absolute Gasteiger partial charge is 0.143 e. The molecule has 1 saturated heterocycles. The first-order chi connectivity index (χ1) is 17.9. The highest BCUT2D eigenvalue weighted by Gasteiger charge is 2.32. The molecule has 0 spiro atoms. The number of methoxy groups -OCH3 is 1. The maximum absolute atomic E-state index is 7.93. The number of imidazole rings is 1. The third-order valence-corrected chi connectivity index (χ3v) is 6.88. The van der Waals surface area contributed by atoms with Crippen LogP contribution in [0, 0.1) is 17.7 Å². The molecule has 4 aromatic rings. The van der Waals surface area contributed by atoms with Crippen molar-refractivity contribution in [2.45, 2.75) is 13.8 Å². The van der Waals surface area contributed by atoms with Gasteiger partial charge < -0.3 is 30.1 Å². The molecule has 5 rings (SSSR count). The fraction of sp³-hybridized carbons (Fsp3) is 0.276. The molecule has 0 atom stereocenters. The molecule has 3 heterocycles. The number of allylic oxidation sites excluding steroid dienone is 1. The lowest BCUT2D eigenvalue weighted by Crippen LogP contribution is -2.46. The zero-order valence-electron chi connectivity index (χ0n) is 21.6. The fourth-order valence-electron chi connectivity index (χ4n) is 4.42. The Morgan fingerprint density at radius 3 is 2.65 bits per heavy atom. The average Bonchev–Trinajstić information content (AvgIpc) is 3.23. The number of nitrogens with one attached hydrogen (secondary N) is 3.